The first-order chi connectivity index (χ1) is 11.0. The number of aryl methyl sites for hydroxylation is 2. The zero-order valence-electron chi connectivity index (χ0n) is 13.2. The first-order valence-electron chi connectivity index (χ1n) is 7.43. The zero-order valence-corrected chi connectivity index (χ0v) is 13.2. The predicted octanol–water partition coefficient (Wildman–Crippen LogP) is 3.26. The molecule has 0 unspecified atom stereocenters. The van der Waals surface area contributed by atoms with E-state index in [1.807, 2.05) is 25.1 Å². The fraction of sp³-hybridized carbons (Fsp3) is 0.312. The Kier molecular flexibility index (Phi) is 4.01. The second kappa shape index (κ2) is 6.12. The molecule has 120 valence electrons. The van der Waals surface area contributed by atoms with Gasteiger partial charge in [0.25, 0.3) is 0 Å². The van der Waals surface area contributed by atoms with E-state index in [0.29, 0.717) is 23.9 Å². The Morgan fingerprint density at radius 1 is 1.30 bits per heavy atom. The molecule has 0 fully saturated rings. The van der Waals surface area contributed by atoms with Crippen LogP contribution in [0.2, 0.25) is 0 Å². The van der Waals surface area contributed by atoms with Gasteiger partial charge in [0.05, 0.1) is 0 Å². The molecule has 0 aliphatic rings. The summed E-state index contributed by atoms with van der Waals surface area (Å²) in [5, 5.41) is 9.71. The monoisotopic (exact) mass is 314 g/mol. The molecule has 3 aromatic rings. The number of carbonyl (C=O) groups excluding carboxylic acids is 1. The number of rotatable bonds is 5. The number of anilines is 2. The van der Waals surface area contributed by atoms with Gasteiger partial charge >= 0.3 is 0 Å². The van der Waals surface area contributed by atoms with Crippen molar-refractivity contribution in [2.45, 2.75) is 33.2 Å². The average Bonchev–Trinajstić information content (AvgIpc) is 3.08. The van der Waals surface area contributed by atoms with E-state index in [1.54, 1.807) is 19.9 Å². The molecule has 1 aromatic carbocycles. The molecule has 2 heterocycles. The van der Waals surface area contributed by atoms with Crippen molar-refractivity contribution in [2.75, 3.05) is 10.6 Å². The molecule has 1 amide bonds. The number of benzene rings is 1. The van der Waals surface area contributed by atoms with E-state index in [1.165, 1.54) is 0 Å². The van der Waals surface area contributed by atoms with E-state index in [0.717, 1.165) is 16.8 Å². The summed E-state index contributed by atoms with van der Waals surface area (Å²) in [4.78, 5) is 16.6. The molecule has 2 aromatic heterocycles. The fourth-order valence-electron chi connectivity index (χ4n) is 2.33. The highest BCUT2D eigenvalue weighted by atomic mass is 16.5. The second-order valence-electron chi connectivity index (χ2n) is 5.33. The predicted molar refractivity (Wildman–Crippen MR) is 86.3 cm³/mol. The third kappa shape index (κ3) is 3.33. The highest BCUT2D eigenvalue weighted by molar-refractivity contribution is 5.96. The van der Waals surface area contributed by atoms with E-state index in [9.17, 15) is 4.79 Å². The number of oxazole rings is 1. The van der Waals surface area contributed by atoms with Crippen LogP contribution in [-0.2, 0) is 4.79 Å². The minimum Gasteiger partial charge on any atom is -0.441 e. The van der Waals surface area contributed by atoms with E-state index in [4.69, 9.17) is 8.94 Å². The quantitative estimate of drug-likeness (QED) is 0.751. The number of fused-ring (bicyclic) bond motifs is 1. The van der Waals surface area contributed by atoms with Crippen LogP contribution < -0.4 is 10.6 Å². The summed E-state index contributed by atoms with van der Waals surface area (Å²) in [5.41, 5.74) is 2.29. The lowest BCUT2D eigenvalue weighted by Crippen LogP contribution is -2.34. The summed E-state index contributed by atoms with van der Waals surface area (Å²) in [6.07, 6.45) is 0.624. The number of aromatic nitrogens is 2. The average molecular weight is 314 g/mol. The van der Waals surface area contributed by atoms with Crippen LogP contribution in [0.25, 0.3) is 11.1 Å². The molecule has 0 radical (unpaired) electrons. The van der Waals surface area contributed by atoms with Gasteiger partial charge in [0, 0.05) is 18.7 Å². The van der Waals surface area contributed by atoms with Crippen molar-refractivity contribution in [1.82, 2.24) is 10.1 Å². The highest BCUT2D eigenvalue weighted by Crippen LogP contribution is 2.21. The summed E-state index contributed by atoms with van der Waals surface area (Å²) in [6, 6.07) is 6.85. The lowest BCUT2D eigenvalue weighted by atomic mass is 10.2. The molecule has 0 spiro atoms. The van der Waals surface area contributed by atoms with Crippen molar-refractivity contribution in [2.24, 2.45) is 0 Å². The second-order valence-corrected chi connectivity index (χ2v) is 5.33. The van der Waals surface area contributed by atoms with Crippen LogP contribution in [0.1, 0.15) is 25.0 Å². The van der Waals surface area contributed by atoms with Crippen LogP contribution in [0.4, 0.5) is 11.5 Å². The van der Waals surface area contributed by atoms with Gasteiger partial charge in [-0.3, -0.25) is 4.79 Å². The third-order valence-corrected chi connectivity index (χ3v) is 3.44. The van der Waals surface area contributed by atoms with Crippen molar-refractivity contribution in [3.63, 3.8) is 0 Å². The smallest absolute Gasteiger partial charge is 0.248 e. The minimum atomic E-state index is -0.391. The summed E-state index contributed by atoms with van der Waals surface area (Å²) in [5.74, 6) is 1.50. The van der Waals surface area contributed by atoms with Crippen molar-refractivity contribution < 1.29 is 13.7 Å². The van der Waals surface area contributed by atoms with E-state index in [-0.39, 0.29) is 5.91 Å². The number of carbonyl (C=O) groups is 1. The van der Waals surface area contributed by atoms with Gasteiger partial charge < -0.3 is 19.6 Å². The Bertz CT molecular complexity index is 837. The third-order valence-electron chi connectivity index (χ3n) is 3.44. The summed E-state index contributed by atoms with van der Waals surface area (Å²) >= 11 is 0. The number of hydrogen-bond acceptors (Lipinski definition) is 6. The van der Waals surface area contributed by atoms with Crippen LogP contribution in [0, 0.1) is 13.8 Å². The molecule has 0 saturated heterocycles. The highest BCUT2D eigenvalue weighted by Gasteiger charge is 2.18. The maximum absolute atomic E-state index is 12.3. The van der Waals surface area contributed by atoms with Gasteiger partial charge in [0.15, 0.2) is 17.3 Å². The fourth-order valence-corrected chi connectivity index (χ4v) is 2.33. The molecule has 2 N–H and O–H groups in total. The van der Waals surface area contributed by atoms with Crippen LogP contribution in [-0.4, -0.2) is 22.1 Å². The van der Waals surface area contributed by atoms with Crippen LogP contribution in [0.5, 0.6) is 0 Å². The number of nitrogens with one attached hydrogen (secondary N) is 2. The Morgan fingerprint density at radius 3 is 2.83 bits per heavy atom. The number of nitrogens with zero attached hydrogens (tertiary/aromatic N) is 2. The molecular weight excluding hydrogens is 296 g/mol. The van der Waals surface area contributed by atoms with Gasteiger partial charge in [-0.15, -0.1) is 0 Å². The molecule has 3 rings (SSSR count). The maximum atomic E-state index is 12.3. The van der Waals surface area contributed by atoms with Crippen LogP contribution in [0.15, 0.2) is 33.2 Å². The molecule has 0 bridgehead atoms. The first-order valence-corrected chi connectivity index (χ1v) is 7.43. The lowest BCUT2D eigenvalue weighted by Gasteiger charge is -2.16. The van der Waals surface area contributed by atoms with E-state index in [2.05, 4.69) is 20.8 Å². The zero-order chi connectivity index (χ0) is 16.4. The molecular formula is C16H18N4O3. The van der Waals surface area contributed by atoms with E-state index < -0.39 is 6.04 Å². The molecule has 7 heteroatoms. The molecule has 7 nitrogen and oxygen atoms in total. The SMILES string of the molecule is CC[C@@H](Nc1ccc2oc(C)nc2c1)C(=O)Nc1cc(C)on1. The van der Waals surface area contributed by atoms with Crippen molar-refractivity contribution in [3.05, 3.63) is 35.9 Å². The number of amides is 1. The molecule has 0 aliphatic carbocycles. The number of hydrogen-bond donors (Lipinski definition) is 2. The summed E-state index contributed by atoms with van der Waals surface area (Å²) in [7, 11) is 0. The van der Waals surface area contributed by atoms with Gasteiger partial charge in [0.2, 0.25) is 5.91 Å². The Morgan fingerprint density at radius 2 is 2.13 bits per heavy atom. The normalized spacial score (nSPS) is 12.3. The maximum Gasteiger partial charge on any atom is 0.248 e. The van der Waals surface area contributed by atoms with E-state index >= 15 is 0 Å². The van der Waals surface area contributed by atoms with Gasteiger partial charge in [-0.05, 0) is 31.5 Å². The molecule has 0 aliphatic heterocycles. The lowest BCUT2D eigenvalue weighted by molar-refractivity contribution is -0.117. The van der Waals surface area contributed by atoms with Gasteiger partial charge in [-0.1, -0.05) is 12.1 Å². The summed E-state index contributed by atoms with van der Waals surface area (Å²) < 4.78 is 10.4. The van der Waals surface area contributed by atoms with Crippen molar-refractivity contribution in [3.8, 4) is 0 Å². The van der Waals surface area contributed by atoms with Crippen molar-refractivity contribution >= 4 is 28.5 Å². The van der Waals surface area contributed by atoms with Gasteiger partial charge in [-0.2, -0.15) is 0 Å². The van der Waals surface area contributed by atoms with Gasteiger partial charge in [0.1, 0.15) is 17.3 Å². The Labute approximate surface area is 133 Å². The van der Waals surface area contributed by atoms with Crippen molar-refractivity contribution in [1.29, 1.82) is 0 Å². The molecule has 0 saturated carbocycles. The Balaban J connectivity index is 1.73. The largest absolute Gasteiger partial charge is 0.441 e. The van der Waals surface area contributed by atoms with Crippen LogP contribution in [0.3, 0.4) is 0 Å². The topological polar surface area (TPSA) is 93.2 Å². The molecule has 23 heavy (non-hydrogen) atoms. The van der Waals surface area contributed by atoms with Gasteiger partial charge in [-0.25, -0.2) is 4.98 Å². The molecule has 1 atom stereocenters. The minimum absolute atomic E-state index is 0.169. The van der Waals surface area contributed by atoms with Crippen LogP contribution >= 0.6 is 0 Å². The first kappa shape index (κ1) is 15.1. The Hall–Kier alpha value is -2.83. The standard InChI is InChI=1S/C16H18N4O3/c1-4-12(16(21)19-15-7-9(2)23-20-15)18-11-5-6-14-13(8-11)17-10(3)22-14/h5-8,12,18H,4H2,1-3H3,(H,19,20,21)/t12-/m1/s1. The summed E-state index contributed by atoms with van der Waals surface area (Å²) in [6.45, 7) is 5.51.